The summed E-state index contributed by atoms with van der Waals surface area (Å²) >= 11 is 11.8. The van der Waals surface area contributed by atoms with E-state index in [0.29, 0.717) is 23.2 Å². The van der Waals surface area contributed by atoms with Crippen LogP contribution in [0, 0.1) is 0 Å². The third kappa shape index (κ3) is 5.49. The Kier molecular flexibility index (Phi) is 6.08. The Bertz CT molecular complexity index is 569. The molecular weight excluding hydrogens is 341 g/mol. The zero-order valence-corrected chi connectivity index (χ0v) is 14.9. The van der Waals surface area contributed by atoms with E-state index in [2.05, 4.69) is 15.2 Å². The summed E-state index contributed by atoms with van der Waals surface area (Å²) in [7, 11) is 1.96. The van der Waals surface area contributed by atoms with Crippen LogP contribution in [0.4, 0.5) is 0 Å². The second kappa shape index (κ2) is 7.66. The molecule has 8 heteroatoms. The standard InChI is InChI=1S/C15H21Cl2N3O3/c1-15(2,9-23-14-11(17)6-10(16)7-18-14)19-13(21)12-8-20(3)4-5-22-12/h6-7,12H,4-5,8-9H2,1-3H3,(H,19,21). The fraction of sp³-hybridized carbons (Fsp3) is 0.600. The van der Waals surface area contributed by atoms with Crippen LogP contribution in [-0.2, 0) is 9.53 Å². The highest BCUT2D eigenvalue weighted by molar-refractivity contribution is 6.35. The highest BCUT2D eigenvalue weighted by Gasteiger charge is 2.30. The van der Waals surface area contributed by atoms with Crippen LogP contribution in [0.1, 0.15) is 13.8 Å². The molecule has 1 aliphatic heterocycles. The number of nitrogens with zero attached hydrogens (tertiary/aromatic N) is 2. The number of aromatic nitrogens is 1. The summed E-state index contributed by atoms with van der Waals surface area (Å²) in [5.41, 5.74) is -0.596. The minimum Gasteiger partial charge on any atom is -0.474 e. The van der Waals surface area contributed by atoms with E-state index >= 15 is 0 Å². The normalized spacial score (nSPS) is 19.4. The number of amides is 1. The number of carbonyl (C=O) groups excluding carboxylic acids is 1. The Morgan fingerprint density at radius 1 is 1.57 bits per heavy atom. The summed E-state index contributed by atoms with van der Waals surface area (Å²) in [6.45, 7) is 5.90. The number of morpholine rings is 1. The Balaban J connectivity index is 1.89. The van der Waals surface area contributed by atoms with E-state index in [0.717, 1.165) is 6.54 Å². The monoisotopic (exact) mass is 361 g/mol. The molecule has 1 N–H and O–H groups in total. The molecule has 0 radical (unpaired) electrons. The molecule has 2 rings (SSSR count). The molecule has 128 valence electrons. The Morgan fingerprint density at radius 3 is 2.96 bits per heavy atom. The second-order valence-corrected chi connectivity index (χ2v) is 7.07. The van der Waals surface area contributed by atoms with Crippen molar-refractivity contribution in [3.8, 4) is 5.88 Å². The van der Waals surface area contributed by atoms with E-state index in [9.17, 15) is 4.79 Å². The summed E-state index contributed by atoms with van der Waals surface area (Å²) in [6, 6.07) is 1.56. The first-order valence-corrected chi connectivity index (χ1v) is 8.08. The van der Waals surface area contributed by atoms with Crippen molar-refractivity contribution in [3.63, 3.8) is 0 Å². The van der Waals surface area contributed by atoms with Crippen molar-refractivity contribution in [1.82, 2.24) is 15.2 Å². The highest BCUT2D eigenvalue weighted by atomic mass is 35.5. The van der Waals surface area contributed by atoms with Gasteiger partial charge in [0.25, 0.3) is 5.91 Å². The van der Waals surface area contributed by atoms with Crippen molar-refractivity contribution in [2.45, 2.75) is 25.5 Å². The second-order valence-electron chi connectivity index (χ2n) is 6.22. The van der Waals surface area contributed by atoms with Crippen LogP contribution < -0.4 is 10.1 Å². The van der Waals surface area contributed by atoms with Crippen molar-refractivity contribution >= 4 is 29.1 Å². The minimum atomic E-state index is -0.596. The summed E-state index contributed by atoms with van der Waals surface area (Å²) < 4.78 is 11.1. The Morgan fingerprint density at radius 2 is 2.30 bits per heavy atom. The summed E-state index contributed by atoms with van der Waals surface area (Å²) in [6.07, 6.45) is 0.991. The summed E-state index contributed by atoms with van der Waals surface area (Å²) in [5.74, 6) is 0.132. The number of carbonyl (C=O) groups is 1. The molecule has 1 unspecified atom stereocenters. The van der Waals surface area contributed by atoms with Gasteiger partial charge in [0.1, 0.15) is 17.7 Å². The van der Waals surface area contributed by atoms with Gasteiger partial charge in [0, 0.05) is 19.3 Å². The number of halogens is 2. The molecule has 1 fully saturated rings. The zero-order valence-electron chi connectivity index (χ0n) is 13.4. The van der Waals surface area contributed by atoms with Gasteiger partial charge < -0.3 is 19.7 Å². The number of hydrogen-bond donors (Lipinski definition) is 1. The van der Waals surface area contributed by atoms with E-state index in [1.54, 1.807) is 6.07 Å². The smallest absolute Gasteiger partial charge is 0.251 e. The summed E-state index contributed by atoms with van der Waals surface area (Å²) in [5, 5.41) is 3.70. The third-order valence-corrected chi connectivity index (χ3v) is 3.84. The average Bonchev–Trinajstić information content (AvgIpc) is 2.46. The molecule has 1 aromatic heterocycles. The van der Waals surface area contributed by atoms with Gasteiger partial charge in [0.2, 0.25) is 5.88 Å². The predicted molar refractivity (Wildman–Crippen MR) is 89.2 cm³/mol. The lowest BCUT2D eigenvalue weighted by molar-refractivity contribution is -0.139. The van der Waals surface area contributed by atoms with E-state index < -0.39 is 11.6 Å². The molecule has 1 aliphatic rings. The molecule has 0 spiro atoms. The predicted octanol–water partition coefficient (Wildman–Crippen LogP) is 1.99. The van der Waals surface area contributed by atoms with Crippen molar-refractivity contribution < 1.29 is 14.3 Å². The van der Waals surface area contributed by atoms with Gasteiger partial charge in [-0.2, -0.15) is 0 Å². The molecule has 1 amide bonds. The molecule has 1 atom stereocenters. The maximum Gasteiger partial charge on any atom is 0.251 e. The topological polar surface area (TPSA) is 63.7 Å². The number of pyridine rings is 1. The van der Waals surface area contributed by atoms with Crippen LogP contribution in [0.25, 0.3) is 0 Å². The third-order valence-electron chi connectivity index (χ3n) is 3.37. The lowest BCUT2D eigenvalue weighted by Crippen LogP contribution is -2.55. The van der Waals surface area contributed by atoms with E-state index in [1.165, 1.54) is 6.20 Å². The largest absolute Gasteiger partial charge is 0.474 e. The molecule has 1 saturated heterocycles. The molecule has 23 heavy (non-hydrogen) atoms. The number of likely N-dealkylation sites (N-methyl/N-ethyl adjacent to an activating group) is 1. The van der Waals surface area contributed by atoms with Crippen LogP contribution in [0.15, 0.2) is 12.3 Å². The van der Waals surface area contributed by atoms with E-state index in [4.69, 9.17) is 32.7 Å². The van der Waals surface area contributed by atoms with Gasteiger partial charge in [-0.25, -0.2) is 4.98 Å². The first kappa shape index (κ1) is 18.3. The SMILES string of the molecule is CN1CCOC(C(=O)NC(C)(C)COc2ncc(Cl)cc2Cl)C1. The molecule has 0 aromatic carbocycles. The first-order valence-electron chi connectivity index (χ1n) is 7.33. The molecule has 0 saturated carbocycles. The zero-order chi connectivity index (χ0) is 17.0. The van der Waals surface area contributed by atoms with Crippen LogP contribution >= 0.6 is 23.2 Å². The molecule has 0 bridgehead atoms. The number of hydrogen-bond acceptors (Lipinski definition) is 5. The maximum absolute atomic E-state index is 12.3. The molecular formula is C15H21Cl2N3O3. The van der Waals surface area contributed by atoms with Gasteiger partial charge in [0.05, 0.1) is 17.2 Å². The van der Waals surface area contributed by atoms with Crippen molar-refractivity contribution in [2.75, 3.05) is 33.4 Å². The van der Waals surface area contributed by atoms with Crippen LogP contribution in [-0.4, -0.2) is 60.8 Å². The van der Waals surface area contributed by atoms with Gasteiger partial charge in [-0.05, 0) is 27.0 Å². The fourth-order valence-electron chi connectivity index (χ4n) is 2.14. The van der Waals surface area contributed by atoms with Crippen molar-refractivity contribution in [3.05, 3.63) is 22.3 Å². The summed E-state index contributed by atoms with van der Waals surface area (Å²) in [4.78, 5) is 18.4. The van der Waals surface area contributed by atoms with Crippen LogP contribution in [0.3, 0.4) is 0 Å². The molecule has 2 heterocycles. The number of nitrogens with one attached hydrogen (secondary N) is 1. The lowest BCUT2D eigenvalue weighted by atomic mass is 10.1. The molecule has 6 nitrogen and oxygen atoms in total. The van der Waals surface area contributed by atoms with Gasteiger partial charge in [-0.3, -0.25) is 4.79 Å². The van der Waals surface area contributed by atoms with Crippen molar-refractivity contribution in [1.29, 1.82) is 0 Å². The van der Waals surface area contributed by atoms with Crippen LogP contribution in [0.5, 0.6) is 5.88 Å². The van der Waals surface area contributed by atoms with Crippen molar-refractivity contribution in [2.24, 2.45) is 0 Å². The van der Waals surface area contributed by atoms with E-state index in [-0.39, 0.29) is 18.4 Å². The van der Waals surface area contributed by atoms with Gasteiger partial charge in [-0.15, -0.1) is 0 Å². The first-order chi connectivity index (χ1) is 10.8. The van der Waals surface area contributed by atoms with Crippen LogP contribution in [0.2, 0.25) is 10.0 Å². The van der Waals surface area contributed by atoms with E-state index in [1.807, 2.05) is 20.9 Å². The maximum atomic E-state index is 12.3. The molecule has 1 aromatic rings. The number of rotatable bonds is 5. The lowest BCUT2D eigenvalue weighted by Gasteiger charge is -2.32. The Labute approximate surface area is 146 Å². The van der Waals surface area contributed by atoms with Gasteiger partial charge >= 0.3 is 0 Å². The quantitative estimate of drug-likeness (QED) is 0.868. The van der Waals surface area contributed by atoms with Gasteiger partial charge in [0.15, 0.2) is 0 Å². The Hall–Kier alpha value is -1.08. The highest BCUT2D eigenvalue weighted by Crippen LogP contribution is 2.25. The minimum absolute atomic E-state index is 0.152. The number of ether oxygens (including phenoxy) is 2. The fourth-order valence-corrected chi connectivity index (χ4v) is 2.58. The molecule has 0 aliphatic carbocycles. The average molecular weight is 362 g/mol. The van der Waals surface area contributed by atoms with Gasteiger partial charge in [-0.1, -0.05) is 23.2 Å².